The van der Waals surface area contributed by atoms with Crippen molar-refractivity contribution in [1.29, 1.82) is 0 Å². The molecule has 0 fully saturated rings. The topological polar surface area (TPSA) is 46.3 Å². The fraction of sp³-hybridized carbons (Fsp3) is 0.462. The molecule has 0 heterocycles. The van der Waals surface area contributed by atoms with E-state index in [4.69, 9.17) is 5.73 Å². The lowest BCUT2D eigenvalue weighted by Gasteiger charge is -2.25. The minimum absolute atomic E-state index is 0.0212. The summed E-state index contributed by atoms with van der Waals surface area (Å²) in [6, 6.07) is 5.85. The quantitative estimate of drug-likeness (QED) is 0.873. The number of benzene rings is 1. The van der Waals surface area contributed by atoms with Crippen LogP contribution in [0.5, 0.6) is 0 Å². The first kappa shape index (κ1) is 13.6. The summed E-state index contributed by atoms with van der Waals surface area (Å²) in [5.41, 5.74) is 6.06. The minimum Gasteiger partial charge on any atom is -0.330 e. The number of carbonyl (C=O) groups is 1. The molecule has 0 saturated heterocycles. The van der Waals surface area contributed by atoms with E-state index in [1.807, 2.05) is 13.8 Å². The van der Waals surface area contributed by atoms with Crippen LogP contribution in [-0.2, 0) is 4.79 Å². The van der Waals surface area contributed by atoms with Crippen molar-refractivity contribution in [2.45, 2.75) is 20.3 Å². The molecule has 1 amide bonds. The molecular formula is C13H19FN2O. The molecule has 0 spiro atoms. The number of rotatable bonds is 4. The number of hydrogen-bond donors (Lipinski definition) is 1. The predicted octanol–water partition coefficient (Wildman–Crippen LogP) is 2.16. The normalized spacial score (nSPS) is 11.4. The lowest BCUT2D eigenvalue weighted by molar-refractivity contribution is -0.120. The number of halogens is 1. The van der Waals surface area contributed by atoms with E-state index in [1.165, 1.54) is 17.0 Å². The molecule has 0 aromatic heterocycles. The Morgan fingerprint density at radius 2 is 1.88 bits per heavy atom. The van der Waals surface area contributed by atoms with Gasteiger partial charge in [0.15, 0.2) is 0 Å². The molecule has 94 valence electrons. The average molecular weight is 238 g/mol. The monoisotopic (exact) mass is 238 g/mol. The van der Waals surface area contributed by atoms with Crippen LogP contribution in [0.4, 0.5) is 10.1 Å². The number of hydrogen-bond acceptors (Lipinski definition) is 2. The van der Waals surface area contributed by atoms with Crippen LogP contribution in [0.25, 0.3) is 0 Å². The third-order valence-electron chi connectivity index (χ3n) is 2.77. The van der Waals surface area contributed by atoms with Gasteiger partial charge in [0.25, 0.3) is 0 Å². The van der Waals surface area contributed by atoms with Gasteiger partial charge in [-0.1, -0.05) is 13.8 Å². The Morgan fingerprint density at radius 3 is 2.35 bits per heavy atom. The molecule has 1 aromatic carbocycles. The van der Waals surface area contributed by atoms with Gasteiger partial charge in [0.1, 0.15) is 5.82 Å². The maximum atomic E-state index is 12.8. The molecule has 0 aliphatic rings. The molecule has 1 rings (SSSR count). The lowest BCUT2D eigenvalue weighted by atomic mass is 9.89. The lowest BCUT2D eigenvalue weighted by Crippen LogP contribution is -2.34. The van der Waals surface area contributed by atoms with Crippen LogP contribution < -0.4 is 10.6 Å². The summed E-state index contributed by atoms with van der Waals surface area (Å²) in [6.07, 6.45) is 0.372. The highest BCUT2D eigenvalue weighted by molar-refractivity contribution is 5.93. The van der Waals surface area contributed by atoms with Gasteiger partial charge in [0.05, 0.1) is 0 Å². The van der Waals surface area contributed by atoms with Gasteiger partial charge in [-0.2, -0.15) is 0 Å². The second-order valence-corrected chi connectivity index (χ2v) is 4.97. The largest absolute Gasteiger partial charge is 0.330 e. The van der Waals surface area contributed by atoms with Crippen molar-refractivity contribution >= 4 is 11.6 Å². The third kappa shape index (κ3) is 3.82. The number of nitrogens with two attached hydrogens (primary N) is 1. The summed E-state index contributed by atoms with van der Waals surface area (Å²) in [7, 11) is 1.68. The van der Waals surface area contributed by atoms with Gasteiger partial charge in [-0.3, -0.25) is 4.79 Å². The van der Waals surface area contributed by atoms with E-state index in [-0.39, 0.29) is 17.1 Å². The molecule has 0 unspecified atom stereocenters. The van der Waals surface area contributed by atoms with E-state index < -0.39 is 0 Å². The molecule has 2 N–H and O–H groups in total. The molecule has 3 nitrogen and oxygen atoms in total. The van der Waals surface area contributed by atoms with Crippen LogP contribution in [0.3, 0.4) is 0 Å². The SMILES string of the molecule is CN(C(=O)CC(C)(C)CN)c1ccc(F)cc1. The molecule has 0 saturated carbocycles. The fourth-order valence-corrected chi connectivity index (χ4v) is 1.41. The van der Waals surface area contributed by atoms with Crippen LogP contribution in [0.15, 0.2) is 24.3 Å². The molecule has 0 aliphatic carbocycles. The van der Waals surface area contributed by atoms with E-state index in [0.29, 0.717) is 18.7 Å². The molecule has 17 heavy (non-hydrogen) atoms. The summed E-state index contributed by atoms with van der Waals surface area (Å²) in [4.78, 5) is 13.5. The summed E-state index contributed by atoms with van der Waals surface area (Å²) in [5.74, 6) is -0.330. The van der Waals surface area contributed by atoms with E-state index in [0.717, 1.165) is 0 Å². The third-order valence-corrected chi connectivity index (χ3v) is 2.77. The Morgan fingerprint density at radius 1 is 1.35 bits per heavy atom. The predicted molar refractivity (Wildman–Crippen MR) is 67.3 cm³/mol. The molecular weight excluding hydrogens is 219 g/mol. The Balaban J connectivity index is 2.73. The number of carbonyl (C=O) groups excluding carboxylic acids is 1. The molecule has 0 atom stereocenters. The van der Waals surface area contributed by atoms with Crippen molar-refractivity contribution < 1.29 is 9.18 Å². The zero-order chi connectivity index (χ0) is 13.1. The maximum absolute atomic E-state index is 12.8. The minimum atomic E-state index is -0.308. The number of nitrogens with zero attached hydrogens (tertiary/aromatic N) is 1. The van der Waals surface area contributed by atoms with Crippen molar-refractivity contribution in [3.63, 3.8) is 0 Å². The van der Waals surface area contributed by atoms with E-state index in [1.54, 1.807) is 19.2 Å². The summed E-state index contributed by atoms with van der Waals surface area (Å²) in [5, 5.41) is 0. The Labute approximate surface area is 101 Å². The zero-order valence-corrected chi connectivity index (χ0v) is 10.5. The average Bonchev–Trinajstić information content (AvgIpc) is 2.28. The van der Waals surface area contributed by atoms with Crippen molar-refractivity contribution in [3.8, 4) is 0 Å². The van der Waals surface area contributed by atoms with Crippen LogP contribution in [-0.4, -0.2) is 19.5 Å². The molecule has 0 aliphatic heterocycles. The Bertz CT molecular complexity index is 387. The maximum Gasteiger partial charge on any atom is 0.227 e. The second-order valence-electron chi connectivity index (χ2n) is 4.97. The highest BCUT2D eigenvalue weighted by Gasteiger charge is 2.22. The van der Waals surface area contributed by atoms with E-state index in [2.05, 4.69) is 0 Å². The van der Waals surface area contributed by atoms with Gasteiger partial charge in [-0.15, -0.1) is 0 Å². The first-order valence-electron chi connectivity index (χ1n) is 5.58. The van der Waals surface area contributed by atoms with Gasteiger partial charge in [-0.25, -0.2) is 4.39 Å². The first-order chi connectivity index (χ1) is 7.85. The molecule has 0 bridgehead atoms. The fourth-order valence-electron chi connectivity index (χ4n) is 1.41. The van der Waals surface area contributed by atoms with Crippen molar-refractivity contribution in [1.82, 2.24) is 0 Å². The zero-order valence-electron chi connectivity index (χ0n) is 10.5. The Kier molecular flexibility index (Phi) is 4.23. The van der Waals surface area contributed by atoms with Gasteiger partial charge < -0.3 is 10.6 Å². The number of amides is 1. The van der Waals surface area contributed by atoms with Gasteiger partial charge in [0, 0.05) is 19.2 Å². The highest BCUT2D eigenvalue weighted by atomic mass is 19.1. The standard InChI is InChI=1S/C13H19FN2O/c1-13(2,9-15)8-12(17)16(3)11-6-4-10(14)5-7-11/h4-7H,8-9,15H2,1-3H3. The van der Waals surface area contributed by atoms with Crippen LogP contribution in [0, 0.1) is 11.2 Å². The van der Waals surface area contributed by atoms with E-state index in [9.17, 15) is 9.18 Å². The van der Waals surface area contributed by atoms with Gasteiger partial charge >= 0.3 is 0 Å². The van der Waals surface area contributed by atoms with Crippen LogP contribution >= 0.6 is 0 Å². The summed E-state index contributed by atoms with van der Waals surface area (Å²) >= 11 is 0. The smallest absolute Gasteiger partial charge is 0.227 e. The Hall–Kier alpha value is -1.42. The van der Waals surface area contributed by atoms with Gasteiger partial charge in [-0.05, 0) is 36.2 Å². The second kappa shape index (κ2) is 5.27. The first-order valence-corrected chi connectivity index (χ1v) is 5.58. The highest BCUT2D eigenvalue weighted by Crippen LogP contribution is 2.22. The molecule has 0 radical (unpaired) electrons. The molecule has 4 heteroatoms. The van der Waals surface area contributed by atoms with Crippen LogP contribution in [0.1, 0.15) is 20.3 Å². The van der Waals surface area contributed by atoms with Gasteiger partial charge in [0.2, 0.25) is 5.91 Å². The van der Waals surface area contributed by atoms with Crippen molar-refractivity contribution in [3.05, 3.63) is 30.1 Å². The summed E-state index contributed by atoms with van der Waals surface area (Å²) < 4.78 is 12.8. The van der Waals surface area contributed by atoms with Crippen molar-refractivity contribution in [2.24, 2.45) is 11.1 Å². The summed E-state index contributed by atoms with van der Waals surface area (Å²) in [6.45, 7) is 4.35. The van der Waals surface area contributed by atoms with Crippen LogP contribution in [0.2, 0.25) is 0 Å². The molecule has 1 aromatic rings. The van der Waals surface area contributed by atoms with Crippen molar-refractivity contribution in [2.75, 3.05) is 18.5 Å². The number of anilines is 1. The van der Waals surface area contributed by atoms with E-state index >= 15 is 0 Å².